The second-order valence-electron chi connectivity index (χ2n) is 8.31. The highest BCUT2D eigenvalue weighted by atomic mass is 32.1. The third-order valence-electron chi connectivity index (χ3n) is 5.75. The zero-order chi connectivity index (χ0) is 22.0. The van der Waals surface area contributed by atoms with Crippen molar-refractivity contribution < 1.29 is 14.4 Å². The lowest BCUT2D eigenvalue weighted by Crippen LogP contribution is -2.44. The number of thiazole rings is 1. The van der Waals surface area contributed by atoms with Crippen LogP contribution < -0.4 is 5.32 Å². The molecule has 2 N–H and O–H groups in total. The summed E-state index contributed by atoms with van der Waals surface area (Å²) < 4.78 is 5.37. The second-order valence-corrected chi connectivity index (χ2v) is 9.17. The van der Waals surface area contributed by atoms with Crippen LogP contribution in [0.3, 0.4) is 0 Å². The Balaban J connectivity index is 1.35. The molecule has 1 fully saturated rings. The van der Waals surface area contributed by atoms with E-state index < -0.39 is 6.10 Å². The molecule has 1 amide bonds. The van der Waals surface area contributed by atoms with Crippen molar-refractivity contribution in [3.8, 4) is 10.4 Å². The maximum absolute atomic E-state index is 12.9. The fourth-order valence-corrected chi connectivity index (χ4v) is 4.88. The van der Waals surface area contributed by atoms with E-state index in [0.29, 0.717) is 26.1 Å². The van der Waals surface area contributed by atoms with Crippen molar-refractivity contribution >= 4 is 17.2 Å². The van der Waals surface area contributed by atoms with Crippen molar-refractivity contribution in [2.75, 3.05) is 13.1 Å². The number of rotatable bonds is 7. The molecular formula is C23H28N4O3S. The van der Waals surface area contributed by atoms with Gasteiger partial charge in [-0.05, 0) is 31.4 Å². The van der Waals surface area contributed by atoms with E-state index in [1.807, 2.05) is 49.4 Å². The number of carbonyl (C=O) groups is 1. The fourth-order valence-electron chi connectivity index (χ4n) is 4.07. The molecule has 1 aliphatic rings. The lowest BCUT2D eigenvalue weighted by atomic mass is 10.1. The number of hydrogen-bond donors (Lipinski definition) is 2. The Hall–Kier alpha value is -2.55. The Morgan fingerprint density at radius 2 is 2.13 bits per heavy atom. The van der Waals surface area contributed by atoms with Crippen LogP contribution in [0.15, 0.2) is 40.4 Å². The molecule has 0 radical (unpaired) electrons. The van der Waals surface area contributed by atoms with Crippen molar-refractivity contribution in [1.82, 2.24) is 20.4 Å². The zero-order valence-electron chi connectivity index (χ0n) is 18.0. The normalized spacial score (nSPS) is 20.1. The zero-order valence-corrected chi connectivity index (χ0v) is 18.9. The standard InChI is InChI=1S/C23H28N4O3S/c1-14(21-8-15(2)26-30-21)11-27-12-19(28)9-20(27)23(29)24-10-17-4-6-18(7-5-17)22-16(3)25-13-31-22/h4-8,13-14,19-20,28H,9-12H2,1-3H3,(H,24,29)/t14-,19-,20+/m1/s1. The van der Waals surface area contributed by atoms with Crippen LogP contribution in [-0.4, -0.2) is 51.3 Å². The van der Waals surface area contributed by atoms with E-state index in [-0.39, 0.29) is 17.9 Å². The molecule has 1 aliphatic heterocycles. The molecule has 3 heterocycles. The van der Waals surface area contributed by atoms with Gasteiger partial charge in [-0.15, -0.1) is 11.3 Å². The monoisotopic (exact) mass is 440 g/mol. The molecule has 4 rings (SSSR count). The van der Waals surface area contributed by atoms with Gasteiger partial charge in [-0.25, -0.2) is 4.98 Å². The molecule has 31 heavy (non-hydrogen) atoms. The molecule has 1 saturated heterocycles. The Labute approximate surface area is 186 Å². The molecule has 3 atom stereocenters. The van der Waals surface area contributed by atoms with Gasteiger partial charge in [0.15, 0.2) is 0 Å². The maximum atomic E-state index is 12.9. The van der Waals surface area contributed by atoms with Gasteiger partial charge in [0.05, 0.1) is 33.9 Å². The number of aliphatic hydroxyl groups is 1. The Kier molecular flexibility index (Phi) is 6.50. The van der Waals surface area contributed by atoms with Gasteiger partial charge in [-0.2, -0.15) is 0 Å². The minimum absolute atomic E-state index is 0.0557. The molecular weight excluding hydrogens is 412 g/mol. The average Bonchev–Trinajstić information content (AvgIpc) is 3.47. The van der Waals surface area contributed by atoms with Gasteiger partial charge < -0.3 is 14.9 Å². The first-order chi connectivity index (χ1) is 14.9. The van der Waals surface area contributed by atoms with E-state index in [1.54, 1.807) is 11.3 Å². The van der Waals surface area contributed by atoms with Crippen LogP contribution in [0.4, 0.5) is 0 Å². The summed E-state index contributed by atoms with van der Waals surface area (Å²) in [4.78, 5) is 20.4. The number of aryl methyl sites for hydroxylation is 2. The van der Waals surface area contributed by atoms with Crippen LogP contribution in [0.1, 0.15) is 42.0 Å². The molecule has 2 aromatic heterocycles. The molecule has 0 saturated carbocycles. The number of benzene rings is 1. The van der Waals surface area contributed by atoms with Crippen molar-refractivity contribution in [2.24, 2.45) is 0 Å². The first-order valence-electron chi connectivity index (χ1n) is 10.5. The Morgan fingerprint density at radius 1 is 1.35 bits per heavy atom. The first kappa shape index (κ1) is 21.7. The number of amides is 1. The van der Waals surface area contributed by atoms with Crippen molar-refractivity contribution in [2.45, 2.75) is 51.8 Å². The summed E-state index contributed by atoms with van der Waals surface area (Å²) >= 11 is 1.63. The van der Waals surface area contributed by atoms with Crippen LogP contribution in [0.2, 0.25) is 0 Å². The highest BCUT2D eigenvalue weighted by molar-refractivity contribution is 7.13. The number of aliphatic hydroxyl groups excluding tert-OH is 1. The van der Waals surface area contributed by atoms with E-state index in [1.165, 1.54) is 4.88 Å². The predicted octanol–water partition coefficient (Wildman–Crippen LogP) is 3.27. The van der Waals surface area contributed by atoms with Gasteiger partial charge in [0, 0.05) is 31.6 Å². The minimum Gasteiger partial charge on any atom is -0.392 e. The molecule has 7 nitrogen and oxygen atoms in total. The van der Waals surface area contributed by atoms with Crippen molar-refractivity contribution in [3.63, 3.8) is 0 Å². The number of aromatic nitrogens is 2. The summed E-state index contributed by atoms with van der Waals surface area (Å²) in [5.74, 6) is 0.832. The largest absolute Gasteiger partial charge is 0.392 e. The molecule has 0 spiro atoms. The summed E-state index contributed by atoms with van der Waals surface area (Å²) in [5, 5.41) is 17.2. The van der Waals surface area contributed by atoms with E-state index in [4.69, 9.17) is 4.52 Å². The SMILES string of the molecule is Cc1cc([C@H](C)CN2C[C@H](O)C[C@H]2C(=O)NCc2ccc(-c3scnc3C)cc2)on1. The molecule has 0 unspecified atom stereocenters. The topological polar surface area (TPSA) is 91.5 Å². The van der Waals surface area contributed by atoms with Crippen LogP contribution in [0.25, 0.3) is 10.4 Å². The van der Waals surface area contributed by atoms with E-state index in [9.17, 15) is 9.90 Å². The quantitative estimate of drug-likeness (QED) is 0.586. The highest BCUT2D eigenvalue weighted by Crippen LogP contribution is 2.27. The van der Waals surface area contributed by atoms with Crippen LogP contribution in [0, 0.1) is 13.8 Å². The lowest BCUT2D eigenvalue weighted by Gasteiger charge is -2.25. The molecule has 164 valence electrons. The van der Waals surface area contributed by atoms with Gasteiger partial charge in [-0.1, -0.05) is 36.3 Å². The Morgan fingerprint density at radius 3 is 2.77 bits per heavy atom. The van der Waals surface area contributed by atoms with Crippen LogP contribution >= 0.6 is 11.3 Å². The number of carbonyl (C=O) groups excluding carboxylic acids is 1. The predicted molar refractivity (Wildman–Crippen MR) is 120 cm³/mol. The third kappa shape index (κ3) is 5.03. The van der Waals surface area contributed by atoms with Crippen molar-refractivity contribution in [3.05, 3.63) is 58.6 Å². The number of hydrogen-bond acceptors (Lipinski definition) is 7. The van der Waals surface area contributed by atoms with E-state index >= 15 is 0 Å². The van der Waals surface area contributed by atoms with E-state index in [2.05, 4.69) is 27.6 Å². The summed E-state index contributed by atoms with van der Waals surface area (Å²) in [6, 6.07) is 9.77. The summed E-state index contributed by atoms with van der Waals surface area (Å²) in [6.45, 7) is 7.52. The number of nitrogens with one attached hydrogen (secondary N) is 1. The Bertz CT molecular complexity index is 1030. The van der Waals surface area contributed by atoms with Crippen molar-refractivity contribution in [1.29, 1.82) is 0 Å². The summed E-state index contributed by atoms with van der Waals surface area (Å²) in [5.41, 5.74) is 5.90. The summed E-state index contributed by atoms with van der Waals surface area (Å²) in [6.07, 6.45) is -0.0567. The van der Waals surface area contributed by atoms with Gasteiger partial charge in [0.2, 0.25) is 5.91 Å². The van der Waals surface area contributed by atoms with Crippen LogP contribution in [-0.2, 0) is 11.3 Å². The highest BCUT2D eigenvalue weighted by Gasteiger charge is 2.36. The van der Waals surface area contributed by atoms with Gasteiger partial charge in [-0.3, -0.25) is 9.69 Å². The molecule has 0 bridgehead atoms. The fraction of sp³-hybridized carbons (Fsp3) is 0.435. The third-order valence-corrected chi connectivity index (χ3v) is 6.73. The molecule has 3 aromatic rings. The molecule has 8 heteroatoms. The smallest absolute Gasteiger partial charge is 0.237 e. The average molecular weight is 441 g/mol. The number of nitrogens with zero attached hydrogens (tertiary/aromatic N) is 3. The molecule has 0 aliphatic carbocycles. The molecule has 1 aromatic carbocycles. The van der Waals surface area contributed by atoms with Crippen LogP contribution in [0.5, 0.6) is 0 Å². The number of likely N-dealkylation sites (tertiary alicyclic amines) is 1. The maximum Gasteiger partial charge on any atom is 0.237 e. The first-order valence-corrected chi connectivity index (χ1v) is 11.4. The van der Waals surface area contributed by atoms with Gasteiger partial charge in [0.25, 0.3) is 0 Å². The second kappa shape index (κ2) is 9.30. The van der Waals surface area contributed by atoms with Gasteiger partial charge >= 0.3 is 0 Å². The van der Waals surface area contributed by atoms with E-state index in [0.717, 1.165) is 28.3 Å². The van der Waals surface area contributed by atoms with Gasteiger partial charge in [0.1, 0.15) is 5.76 Å². The lowest BCUT2D eigenvalue weighted by molar-refractivity contribution is -0.125. The summed E-state index contributed by atoms with van der Waals surface area (Å²) in [7, 11) is 0. The number of β-amino-alcohol motifs (C(OH)–C–C–N with tert-alkyl or cyclic N) is 1. The minimum atomic E-state index is -0.499.